The second kappa shape index (κ2) is 10.1. The van der Waals surface area contributed by atoms with Gasteiger partial charge in [0.15, 0.2) is 11.5 Å². The number of rotatable bonds is 7. The summed E-state index contributed by atoms with van der Waals surface area (Å²) in [5.74, 6) is -4.68. The van der Waals surface area contributed by atoms with Gasteiger partial charge in [-0.1, -0.05) is 33.8 Å². The van der Waals surface area contributed by atoms with E-state index >= 15 is 0 Å². The SMILES string of the molecule is CC1(C)C2(C)CCCC(OC(=O)C3CCCN3C(=O)C(NC(=O)C(O)Cc3ccc(O)c(O)c3)C(F)(F)F)C12C. The lowest BCUT2D eigenvalue weighted by molar-refractivity contribution is -0.183. The topological polar surface area (TPSA) is 136 Å². The summed E-state index contributed by atoms with van der Waals surface area (Å²) in [6.45, 7) is 8.37. The Morgan fingerprint density at radius 3 is 2.40 bits per heavy atom. The number of aliphatic hydroxyl groups is 1. The first kappa shape index (κ1) is 30.0. The predicted molar refractivity (Wildman–Crippen MR) is 136 cm³/mol. The standard InChI is InChI=1S/C28H37F3N2O7/c1-25(2)26(3)11-5-8-20(27(25,26)4)40-24(39)16-7-6-12-33(16)23(38)21(28(29,30)31)32-22(37)19(36)14-15-9-10-17(34)18(35)13-15/h9-10,13,16,19-21,34-36H,5-8,11-12,14H2,1-4H3,(H,32,37). The first-order chi connectivity index (χ1) is 18.5. The molecule has 1 aliphatic heterocycles. The molecular weight excluding hydrogens is 533 g/mol. The molecular formula is C28H37F3N2O7. The number of carbonyl (C=O) groups excluding carboxylic acids is 3. The van der Waals surface area contributed by atoms with E-state index in [9.17, 15) is 42.9 Å². The molecule has 4 N–H and O–H groups in total. The highest BCUT2D eigenvalue weighted by atomic mass is 19.4. The normalized spacial score (nSPS) is 30.6. The second-order valence-corrected chi connectivity index (χ2v) is 12.2. The lowest BCUT2D eigenvalue weighted by Crippen LogP contribution is -2.59. The smallest absolute Gasteiger partial charge is 0.417 e. The molecule has 6 atom stereocenters. The summed E-state index contributed by atoms with van der Waals surface area (Å²) in [5.41, 5.74) is -0.229. The molecule has 9 nitrogen and oxygen atoms in total. The van der Waals surface area contributed by atoms with Gasteiger partial charge in [0, 0.05) is 18.4 Å². The largest absolute Gasteiger partial charge is 0.504 e. The van der Waals surface area contributed by atoms with Crippen molar-refractivity contribution in [3.8, 4) is 11.5 Å². The van der Waals surface area contributed by atoms with Gasteiger partial charge in [0.25, 0.3) is 5.91 Å². The van der Waals surface area contributed by atoms with Gasteiger partial charge in [-0.25, -0.2) is 4.79 Å². The van der Waals surface area contributed by atoms with E-state index in [4.69, 9.17) is 4.74 Å². The number of benzene rings is 1. The number of hydrogen-bond acceptors (Lipinski definition) is 7. The number of aromatic hydroxyl groups is 2. The van der Waals surface area contributed by atoms with Crippen LogP contribution in [0.3, 0.4) is 0 Å². The number of hydrogen-bond donors (Lipinski definition) is 4. The summed E-state index contributed by atoms with van der Waals surface area (Å²) in [4.78, 5) is 39.7. The van der Waals surface area contributed by atoms with Gasteiger partial charge in [-0.05, 0) is 60.6 Å². The molecule has 0 bridgehead atoms. The Morgan fingerprint density at radius 2 is 1.77 bits per heavy atom. The van der Waals surface area contributed by atoms with Crippen LogP contribution in [0.15, 0.2) is 18.2 Å². The molecule has 2 amide bonds. The fraction of sp³-hybridized carbons (Fsp3) is 0.679. The van der Waals surface area contributed by atoms with Crippen molar-refractivity contribution in [2.24, 2.45) is 16.2 Å². The van der Waals surface area contributed by atoms with Crippen LogP contribution in [0.4, 0.5) is 13.2 Å². The number of aliphatic hydroxyl groups excluding tert-OH is 1. The molecule has 1 heterocycles. The van der Waals surface area contributed by atoms with Crippen molar-refractivity contribution in [2.45, 2.75) is 96.7 Å². The molecule has 12 heteroatoms. The first-order valence-electron chi connectivity index (χ1n) is 13.5. The van der Waals surface area contributed by atoms with Crippen molar-refractivity contribution in [3.63, 3.8) is 0 Å². The maximum atomic E-state index is 14.0. The second-order valence-electron chi connectivity index (χ2n) is 12.2. The molecule has 3 aliphatic rings. The Morgan fingerprint density at radius 1 is 1.10 bits per heavy atom. The van der Waals surface area contributed by atoms with Crippen molar-refractivity contribution >= 4 is 17.8 Å². The van der Waals surface area contributed by atoms with E-state index in [0.717, 1.165) is 29.9 Å². The maximum Gasteiger partial charge on any atom is 0.417 e. The fourth-order valence-electron chi connectivity index (χ4n) is 7.12. The van der Waals surface area contributed by atoms with Crippen molar-refractivity contribution in [3.05, 3.63) is 23.8 Å². The first-order valence-corrected chi connectivity index (χ1v) is 13.5. The molecule has 0 aromatic heterocycles. The summed E-state index contributed by atoms with van der Waals surface area (Å²) < 4.78 is 47.9. The highest BCUT2D eigenvalue weighted by molar-refractivity contribution is 5.92. The number of phenolic OH excluding ortho intramolecular Hbond substituents is 2. The highest BCUT2D eigenvalue weighted by Gasteiger charge is 2.80. The van der Waals surface area contributed by atoms with Crippen LogP contribution in [-0.2, 0) is 25.5 Å². The van der Waals surface area contributed by atoms with Crippen molar-refractivity contribution in [2.75, 3.05) is 6.54 Å². The van der Waals surface area contributed by atoms with E-state index in [1.165, 1.54) is 6.07 Å². The van der Waals surface area contributed by atoms with E-state index in [-0.39, 0.29) is 34.8 Å². The molecule has 1 saturated heterocycles. The summed E-state index contributed by atoms with van der Waals surface area (Å²) in [6, 6.07) is -0.762. The van der Waals surface area contributed by atoms with Crippen LogP contribution >= 0.6 is 0 Å². The molecule has 6 unspecified atom stereocenters. The van der Waals surface area contributed by atoms with Crippen LogP contribution in [0.2, 0.25) is 0 Å². The quantitative estimate of drug-likeness (QED) is 0.292. The molecule has 3 fully saturated rings. The molecule has 4 rings (SSSR count). The number of ether oxygens (including phenoxy) is 1. The van der Waals surface area contributed by atoms with E-state index < -0.39 is 66.2 Å². The van der Waals surface area contributed by atoms with Gasteiger partial charge in [-0.3, -0.25) is 9.59 Å². The Balaban J connectivity index is 1.44. The lowest BCUT2D eigenvalue weighted by atomic mass is 9.79. The minimum atomic E-state index is -5.20. The van der Waals surface area contributed by atoms with Crippen molar-refractivity contribution < 1.29 is 47.6 Å². The predicted octanol–water partition coefficient (Wildman–Crippen LogP) is 3.19. The number of halogens is 3. The third kappa shape index (κ3) is 4.77. The minimum Gasteiger partial charge on any atom is -0.504 e. The average Bonchev–Trinajstić information content (AvgIpc) is 3.19. The van der Waals surface area contributed by atoms with Crippen LogP contribution in [-0.4, -0.2) is 75.0 Å². The van der Waals surface area contributed by atoms with Gasteiger partial charge in [0.1, 0.15) is 18.2 Å². The number of esters is 1. The van der Waals surface area contributed by atoms with Gasteiger partial charge in [-0.15, -0.1) is 0 Å². The lowest BCUT2D eigenvalue weighted by Gasteiger charge is -2.35. The van der Waals surface area contributed by atoms with E-state index in [1.54, 1.807) is 5.32 Å². The van der Waals surface area contributed by atoms with Gasteiger partial charge in [0.2, 0.25) is 11.9 Å². The summed E-state index contributed by atoms with van der Waals surface area (Å²) in [5, 5.41) is 30.7. The zero-order chi connectivity index (χ0) is 29.8. The number of fused-ring (bicyclic) bond motifs is 1. The number of carbonyl (C=O) groups is 3. The maximum absolute atomic E-state index is 14.0. The third-order valence-corrected chi connectivity index (χ3v) is 10.2. The van der Waals surface area contributed by atoms with Gasteiger partial charge in [0.05, 0.1) is 0 Å². The zero-order valence-corrected chi connectivity index (χ0v) is 23.0. The van der Waals surface area contributed by atoms with Gasteiger partial charge >= 0.3 is 12.1 Å². The number of phenols is 2. The molecule has 0 radical (unpaired) electrons. The number of nitrogens with one attached hydrogen (secondary N) is 1. The van der Waals surface area contributed by atoms with Crippen LogP contribution in [0.5, 0.6) is 11.5 Å². The van der Waals surface area contributed by atoms with E-state index in [0.29, 0.717) is 12.8 Å². The number of amides is 2. The number of alkyl halides is 3. The Labute approximate surface area is 230 Å². The summed E-state index contributed by atoms with van der Waals surface area (Å²) in [6.07, 6.45) is -5.16. The van der Waals surface area contributed by atoms with Crippen LogP contribution in [0.1, 0.15) is 65.4 Å². The Bertz CT molecular complexity index is 1190. The minimum absolute atomic E-state index is 0.0280. The number of nitrogens with zero attached hydrogens (tertiary/aromatic N) is 1. The third-order valence-electron chi connectivity index (χ3n) is 10.2. The van der Waals surface area contributed by atoms with Crippen LogP contribution in [0.25, 0.3) is 0 Å². The molecule has 1 aromatic carbocycles. The Hall–Kier alpha value is -3.02. The molecule has 2 saturated carbocycles. The van der Waals surface area contributed by atoms with Crippen LogP contribution < -0.4 is 5.32 Å². The monoisotopic (exact) mass is 570 g/mol. The van der Waals surface area contributed by atoms with Crippen LogP contribution in [0, 0.1) is 16.2 Å². The van der Waals surface area contributed by atoms with Gasteiger partial charge < -0.3 is 30.3 Å². The number of likely N-dealkylation sites (tertiary alicyclic amines) is 1. The summed E-state index contributed by atoms with van der Waals surface area (Å²) in [7, 11) is 0. The van der Waals surface area contributed by atoms with Crippen molar-refractivity contribution in [1.82, 2.24) is 10.2 Å². The average molecular weight is 571 g/mol. The van der Waals surface area contributed by atoms with E-state index in [2.05, 4.69) is 27.7 Å². The van der Waals surface area contributed by atoms with Gasteiger partial charge in [-0.2, -0.15) is 13.2 Å². The molecule has 40 heavy (non-hydrogen) atoms. The molecule has 222 valence electrons. The molecule has 2 aliphatic carbocycles. The van der Waals surface area contributed by atoms with E-state index in [1.807, 2.05) is 0 Å². The highest BCUT2D eigenvalue weighted by Crippen LogP contribution is 2.83. The Kier molecular flexibility index (Phi) is 7.57. The fourth-order valence-corrected chi connectivity index (χ4v) is 7.12. The molecule has 1 aromatic rings. The zero-order valence-electron chi connectivity index (χ0n) is 23.0. The molecule has 0 spiro atoms. The summed E-state index contributed by atoms with van der Waals surface area (Å²) >= 11 is 0. The van der Waals surface area contributed by atoms with Crippen molar-refractivity contribution in [1.29, 1.82) is 0 Å².